The van der Waals surface area contributed by atoms with Crippen molar-refractivity contribution in [2.75, 3.05) is 7.11 Å². The Morgan fingerprint density at radius 2 is 2.06 bits per heavy atom. The molecule has 0 unspecified atom stereocenters. The molecule has 0 amide bonds. The van der Waals surface area contributed by atoms with Crippen LogP contribution in [0.1, 0.15) is 5.56 Å². The molecule has 0 aliphatic rings. The quantitative estimate of drug-likeness (QED) is 0.801. The van der Waals surface area contributed by atoms with Gasteiger partial charge in [0.05, 0.1) is 7.11 Å². The largest absolute Gasteiger partial charge is 0.489 e. The van der Waals surface area contributed by atoms with Gasteiger partial charge in [-0.1, -0.05) is 23.7 Å². The van der Waals surface area contributed by atoms with Gasteiger partial charge in [0.25, 0.3) is 5.88 Å². The maximum atomic E-state index is 13.8. The first-order chi connectivity index (χ1) is 8.63. The van der Waals surface area contributed by atoms with E-state index >= 15 is 0 Å². The molecule has 2 rings (SSSR count). The van der Waals surface area contributed by atoms with Crippen LogP contribution >= 0.6 is 11.6 Å². The first kappa shape index (κ1) is 12.6. The molecule has 6 heteroatoms. The second kappa shape index (κ2) is 5.18. The van der Waals surface area contributed by atoms with Gasteiger partial charge in [0, 0.05) is 0 Å². The highest BCUT2D eigenvalue weighted by molar-refractivity contribution is 6.31. The van der Waals surface area contributed by atoms with E-state index in [2.05, 4.69) is 9.97 Å². The molecule has 0 N–H and O–H groups in total. The van der Waals surface area contributed by atoms with E-state index in [-0.39, 0.29) is 22.5 Å². The first-order valence-corrected chi connectivity index (χ1v) is 5.48. The summed E-state index contributed by atoms with van der Waals surface area (Å²) in [5.74, 6) is -0.153. The molecular weight excluding hydrogens is 259 g/mol. The molecule has 18 heavy (non-hydrogen) atoms. The highest BCUT2D eigenvalue weighted by atomic mass is 35.5. The van der Waals surface area contributed by atoms with Gasteiger partial charge >= 0.3 is 0 Å². The van der Waals surface area contributed by atoms with Gasteiger partial charge in [0.1, 0.15) is 6.33 Å². The molecule has 4 nitrogen and oxygen atoms in total. The van der Waals surface area contributed by atoms with Crippen LogP contribution in [0.4, 0.5) is 4.39 Å². The third kappa shape index (κ3) is 2.36. The van der Waals surface area contributed by atoms with Crippen molar-refractivity contribution < 1.29 is 13.9 Å². The summed E-state index contributed by atoms with van der Waals surface area (Å²) in [6.45, 7) is 1.65. The van der Waals surface area contributed by atoms with Crippen LogP contribution in [-0.2, 0) is 0 Å². The lowest BCUT2D eigenvalue weighted by molar-refractivity contribution is 0.358. The Labute approximate surface area is 108 Å². The Morgan fingerprint density at radius 3 is 2.78 bits per heavy atom. The van der Waals surface area contributed by atoms with E-state index in [1.54, 1.807) is 19.1 Å². The summed E-state index contributed by atoms with van der Waals surface area (Å²) in [7, 11) is 1.41. The van der Waals surface area contributed by atoms with Crippen LogP contribution in [0.15, 0.2) is 24.5 Å². The average molecular weight is 269 g/mol. The molecule has 1 heterocycles. The Kier molecular flexibility index (Phi) is 3.62. The minimum atomic E-state index is -0.450. The van der Waals surface area contributed by atoms with E-state index in [0.29, 0.717) is 5.56 Å². The van der Waals surface area contributed by atoms with Gasteiger partial charge in [-0.25, -0.2) is 9.37 Å². The highest BCUT2D eigenvalue weighted by Gasteiger charge is 2.15. The summed E-state index contributed by atoms with van der Waals surface area (Å²) in [5.41, 5.74) is 0.478. The zero-order valence-corrected chi connectivity index (χ0v) is 10.5. The number of hydrogen-bond acceptors (Lipinski definition) is 4. The van der Waals surface area contributed by atoms with Crippen molar-refractivity contribution in [1.82, 2.24) is 9.97 Å². The average Bonchev–Trinajstić information content (AvgIpc) is 2.35. The fourth-order valence-electron chi connectivity index (χ4n) is 1.39. The molecule has 2 aromatic rings. The molecule has 1 aromatic heterocycles. The van der Waals surface area contributed by atoms with Crippen molar-refractivity contribution in [3.63, 3.8) is 0 Å². The standard InChI is InChI=1S/C12H10ClFN2O2/c1-7-4-3-5-8(9(7)14)18-12-10(17-2)11(13)15-6-16-12/h3-6H,1-2H3. The van der Waals surface area contributed by atoms with Crippen molar-refractivity contribution in [3.05, 3.63) is 41.1 Å². The molecule has 94 valence electrons. The molecular formula is C12H10ClFN2O2. The number of aryl methyl sites for hydroxylation is 1. The van der Waals surface area contributed by atoms with E-state index in [4.69, 9.17) is 21.1 Å². The van der Waals surface area contributed by atoms with Gasteiger partial charge in [-0.15, -0.1) is 0 Å². The van der Waals surface area contributed by atoms with Crippen LogP contribution < -0.4 is 9.47 Å². The predicted octanol–water partition coefficient (Wildman–Crippen LogP) is 3.38. The summed E-state index contributed by atoms with van der Waals surface area (Å²) < 4.78 is 24.2. The minimum absolute atomic E-state index is 0.0584. The maximum absolute atomic E-state index is 13.8. The second-order valence-corrected chi connectivity index (χ2v) is 3.85. The Morgan fingerprint density at radius 1 is 1.28 bits per heavy atom. The topological polar surface area (TPSA) is 44.2 Å². The lowest BCUT2D eigenvalue weighted by Gasteiger charge is -2.10. The van der Waals surface area contributed by atoms with Gasteiger partial charge in [-0.05, 0) is 18.6 Å². The normalized spacial score (nSPS) is 10.2. The van der Waals surface area contributed by atoms with Crippen LogP contribution in [-0.4, -0.2) is 17.1 Å². The van der Waals surface area contributed by atoms with Crippen LogP contribution in [0.3, 0.4) is 0 Å². The number of nitrogens with zero attached hydrogens (tertiary/aromatic N) is 2. The monoisotopic (exact) mass is 268 g/mol. The molecule has 0 aliphatic carbocycles. The zero-order chi connectivity index (χ0) is 13.1. The fraction of sp³-hybridized carbons (Fsp3) is 0.167. The van der Waals surface area contributed by atoms with Gasteiger partial charge in [-0.2, -0.15) is 4.98 Å². The zero-order valence-electron chi connectivity index (χ0n) is 9.78. The van der Waals surface area contributed by atoms with E-state index in [9.17, 15) is 4.39 Å². The summed E-state index contributed by atoms with van der Waals surface area (Å²) in [5, 5.41) is 0.107. The molecule has 0 saturated heterocycles. The number of rotatable bonds is 3. The summed E-state index contributed by atoms with van der Waals surface area (Å²) in [6, 6.07) is 4.83. The van der Waals surface area contributed by atoms with E-state index in [0.717, 1.165) is 0 Å². The molecule has 0 aliphatic heterocycles. The second-order valence-electron chi connectivity index (χ2n) is 3.49. The van der Waals surface area contributed by atoms with Gasteiger partial charge in [-0.3, -0.25) is 0 Å². The van der Waals surface area contributed by atoms with Crippen molar-refractivity contribution >= 4 is 11.6 Å². The number of hydrogen-bond donors (Lipinski definition) is 0. The molecule has 0 radical (unpaired) electrons. The SMILES string of the molecule is COc1c(Cl)ncnc1Oc1cccc(C)c1F. The van der Waals surface area contributed by atoms with Crippen LogP contribution in [0.5, 0.6) is 17.4 Å². The van der Waals surface area contributed by atoms with Gasteiger partial charge in [0.15, 0.2) is 16.7 Å². The van der Waals surface area contributed by atoms with E-state index < -0.39 is 5.82 Å². The lowest BCUT2D eigenvalue weighted by Crippen LogP contribution is -1.97. The smallest absolute Gasteiger partial charge is 0.267 e. The number of halogens is 2. The van der Waals surface area contributed by atoms with Crippen LogP contribution in [0, 0.1) is 12.7 Å². The molecule has 1 aromatic carbocycles. The first-order valence-electron chi connectivity index (χ1n) is 5.11. The molecule has 0 atom stereocenters. The number of aromatic nitrogens is 2. The number of methoxy groups -OCH3 is 1. The number of benzene rings is 1. The van der Waals surface area contributed by atoms with Crippen molar-refractivity contribution in [2.24, 2.45) is 0 Å². The van der Waals surface area contributed by atoms with Crippen molar-refractivity contribution in [1.29, 1.82) is 0 Å². The fourth-order valence-corrected chi connectivity index (χ4v) is 1.59. The minimum Gasteiger partial charge on any atom is -0.489 e. The third-order valence-electron chi connectivity index (χ3n) is 2.29. The third-order valence-corrected chi connectivity index (χ3v) is 2.56. The van der Waals surface area contributed by atoms with Gasteiger partial charge < -0.3 is 9.47 Å². The lowest BCUT2D eigenvalue weighted by atomic mass is 10.2. The van der Waals surface area contributed by atoms with E-state index in [1.165, 1.54) is 19.5 Å². The Hall–Kier alpha value is -1.88. The molecule has 0 bridgehead atoms. The molecule has 0 spiro atoms. The highest BCUT2D eigenvalue weighted by Crippen LogP contribution is 2.34. The molecule has 0 fully saturated rings. The maximum Gasteiger partial charge on any atom is 0.267 e. The number of ether oxygens (including phenoxy) is 2. The van der Waals surface area contributed by atoms with E-state index in [1.807, 2.05) is 0 Å². The molecule has 0 saturated carbocycles. The summed E-state index contributed by atoms with van der Waals surface area (Å²) >= 11 is 5.82. The van der Waals surface area contributed by atoms with Crippen molar-refractivity contribution in [3.8, 4) is 17.4 Å². The summed E-state index contributed by atoms with van der Waals surface area (Å²) in [6.07, 6.45) is 1.22. The Balaban J connectivity index is 2.40. The predicted molar refractivity (Wildman–Crippen MR) is 64.8 cm³/mol. The Bertz CT molecular complexity index is 578. The summed E-state index contributed by atoms with van der Waals surface area (Å²) in [4.78, 5) is 7.61. The van der Waals surface area contributed by atoms with Crippen LogP contribution in [0.25, 0.3) is 0 Å². The van der Waals surface area contributed by atoms with Crippen molar-refractivity contribution in [2.45, 2.75) is 6.92 Å². The van der Waals surface area contributed by atoms with Gasteiger partial charge in [0.2, 0.25) is 5.75 Å². The van der Waals surface area contributed by atoms with Crippen LogP contribution in [0.2, 0.25) is 5.15 Å².